The lowest BCUT2D eigenvalue weighted by Crippen LogP contribution is -2.45. The van der Waals surface area contributed by atoms with Crippen molar-refractivity contribution < 1.29 is 19.4 Å². The summed E-state index contributed by atoms with van der Waals surface area (Å²) < 4.78 is 10.9. The number of amides is 1. The van der Waals surface area contributed by atoms with Crippen molar-refractivity contribution in [3.8, 4) is 0 Å². The van der Waals surface area contributed by atoms with Crippen molar-refractivity contribution in [1.82, 2.24) is 4.90 Å². The van der Waals surface area contributed by atoms with Gasteiger partial charge in [-0.1, -0.05) is 30.3 Å². The number of likely N-dealkylation sites (tertiary alicyclic amines) is 1. The van der Waals surface area contributed by atoms with Crippen LogP contribution in [0.25, 0.3) is 0 Å². The van der Waals surface area contributed by atoms with E-state index in [9.17, 15) is 9.90 Å². The van der Waals surface area contributed by atoms with Crippen molar-refractivity contribution in [2.24, 2.45) is 0 Å². The Morgan fingerprint density at radius 1 is 1.20 bits per heavy atom. The highest BCUT2D eigenvalue weighted by Crippen LogP contribution is 2.34. The summed E-state index contributed by atoms with van der Waals surface area (Å²) in [7, 11) is 1.38. The molecule has 5 heteroatoms. The maximum absolute atomic E-state index is 12.0. The minimum Gasteiger partial charge on any atom is -0.453 e. The lowest BCUT2D eigenvalue weighted by atomic mass is 9.83. The number of ether oxygens (including phenoxy) is 2. The summed E-state index contributed by atoms with van der Waals surface area (Å²) in [6, 6.07) is 10.3. The Morgan fingerprint density at radius 2 is 1.88 bits per heavy atom. The van der Waals surface area contributed by atoms with Crippen LogP contribution in [0.2, 0.25) is 0 Å². The second-order valence-corrected chi connectivity index (χ2v) is 7.31. The fourth-order valence-electron chi connectivity index (χ4n) is 4.27. The largest absolute Gasteiger partial charge is 0.453 e. The summed E-state index contributed by atoms with van der Waals surface area (Å²) in [5, 5.41) is 10.3. The first-order valence-corrected chi connectivity index (χ1v) is 9.31. The van der Waals surface area contributed by atoms with Gasteiger partial charge in [0.15, 0.2) is 0 Å². The van der Waals surface area contributed by atoms with E-state index in [1.54, 1.807) is 4.90 Å². The molecule has 1 amide bonds. The molecule has 3 rings (SSSR count). The lowest BCUT2D eigenvalue weighted by Gasteiger charge is -2.32. The Morgan fingerprint density at radius 3 is 2.52 bits per heavy atom. The van der Waals surface area contributed by atoms with E-state index in [-0.39, 0.29) is 24.3 Å². The second-order valence-electron chi connectivity index (χ2n) is 7.31. The van der Waals surface area contributed by atoms with Gasteiger partial charge in [-0.05, 0) is 50.5 Å². The first kappa shape index (κ1) is 18.2. The molecule has 1 aromatic carbocycles. The van der Waals surface area contributed by atoms with E-state index >= 15 is 0 Å². The van der Waals surface area contributed by atoms with Crippen LogP contribution in [0.5, 0.6) is 0 Å². The van der Waals surface area contributed by atoms with Gasteiger partial charge >= 0.3 is 6.09 Å². The van der Waals surface area contributed by atoms with Crippen molar-refractivity contribution in [2.75, 3.05) is 13.7 Å². The van der Waals surface area contributed by atoms with Crippen LogP contribution >= 0.6 is 0 Å². The molecule has 1 N–H and O–H groups in total. The quantitative estimate of drug-likeness (QED) is 0.908. The van der Waals surface area contributed by atoms with Crippen LogP contribution in [0.4, 0.5) is 4.79 Å². The number of nitrogens with zero attached hydrogens (tertiary/aromatic N) is 1. The Bertz CT molecular complexity index is 556. The van der Waals surface area contributed by atoms with Gasteiger partial charge in [-0.25, -0.2) is 4.79 Å². The minimum absolute atomic E-state index is 0.0233. The molecule has 0 radical (unpaired) electrons. The molecule has 138 valence electrons. The molecule has 1 aliphatic carbocycles. The van der Waals surface area contributed by atoms with Crippen LogP contribution < -0.4 is 0 Å². The van der Waals surface area contributed by atoms with Crippen molar-refractivity contribution in [3.05, 3.63) is 35.9 Å². The molecular weight excluding hydrogens is 318 g/mol. The monoisotopic (exact) mass is 347 g/mol. The predicted octanol–water partition coefficient (Wildman–Crippen LogP) is 3.32. The first-order chi connectivity index (χ1) is 12.1. The fourth-order valence-corrected chi connectivity index (χ4v) is 4.27. The third-order valence-electron chi connectivity index (χ3n) is 5.69. The van der Waals surface area contributed by atoms with E-state index in [2.05, 4.69) is 30.3 Å². The molecule has 0 aromatic heterocycles. The van der Waals surface area contributed by atoms with Crippen LogP contribution in [-0.2, 0) is 9.47 Å². The molecule has 1 heterocycles. The molecule has 3 atom stereocenters. The van der Waals surface area contributed by atoms with E-state index in [1.165, 1.54) is 12.7 Å². The number of hydrogen-bond acceptors (Lipinski definition) is 4. The standard InChI is InChI=1S/C20H29NO4/c1-14-12-19(22)18(21(14)20(23)24-2)13-25-17-10-8-16(9-11-17)15-6-4-3-5-7-15/h3-7,14,16-19,22H,8-13H2,1-2H3. The molecule has 0 bridgehead atoms. The average molecular weight is 347 g/mol. The molecular formula is C20H29NO4. The second kappa shape index (κ2) is 8.19. The third kappa shape index (κ3) is 4.15. The molecule has 2 fully saturated rings. The number of benzene rings is 1. The average Bonchev–Trinajstić information content (AvgIpc) is 2.93. The number of aliphatic hydroxyl groups is 1. The molecule has 1 aromatic rings. The third-order valence-corrected chi connectivity index (χ3v) is 5.69. The van der Waals surface area contributed by atoms with Gasteiger partial charge in [-0.15, -0.1) is 0 Å². The Balaban J connectivity index is 1.50. The van der Waals surface area contributed by atoms with Crippen LogP contribution in [-0.4, -0.2) is 54.1 Å². The number of aliphatic hydroxyl groups excluding tert-OH is 1. The van der Waals surface area contributed by atoms with Crippen molar-refractivity contribution in [1.29, 1.82) is 0 Å². The van der Waals surface area contributed by atoms with E-state index in [0.29, 0.717) is 18.9 Å². The highest BCUT2D eigenvalue weighted by atomic mass is 16.5. The van der Waals surface area contributed by atoms with Crippen LogP contribution in [0, 0.1) is 0 Å². The maximum atomic E-state index is 12.0. The maximum Gasteiger partial charge on any atom is 0.410 e. The Labute approximate surface area is 149 Å². The lowest BCUT2D eigenvalue weighted by molar-refractivity contribution is -0.0252. The number of carbonyl (C=O) groups is 1. The first-order valence-electron chi connectivity index (χ1n) is 9.31. The summed E-state index contributed by atoms with van der Waals surface area (Å²) in [6.07, 6.45) is 4.15. The van der Waals surface area contributed by atoms with Crippen molar-refractivity contribution in [3.63, 3.8) is 0 Å². The molecule has 1 aliphatic heterocycles. The summed E-state index contributed by atoms with van der Waals surface area (Å²) in [6.45, 7) is 2.31. The van der Waals surface area contributed by atoms with Crippen LogP contribution in [0.1, 0.15) is 50.5 Å². The van der Waals surface area contributed by atoms with Crippen LogP contribution in [0.3, 0.4) is 0 Å². The van der Waals surface area contributed by atoms with Gasteiger partial charge in [-0.3, -0.25) is 4.90 Å². The zero-order valence-corrected chi connectivity index (χ0v) is 15.1. The normalized spacial score (nSPS) is 32.6. The summed E-state index contributed by atoms with van der Waals surface area (Å²) in [5.41, 5.74) is 1.41. The van der Waals surface area contributed by atoms with Gasteiger partial charge in [0, 0.05) is 6.04 Å². The minimum atomic E-state index is -0.547. The molecule has 25 heavy (non-hydrogen) atoms. The molecule has 5 nitrogen and oxygen atoms in total. The van der Waals surface area contributed by atoms with E-state index in [4.69, 9.17) is 9.47 Å². The molecule has 2 aliphatic rings. The van der Waals surface area contributed by atoms with Gasteiger partial charge in [-0.2, -0.15) is 0 Å². The zero-order chi connectivity index (χ0) is 17.8. The SMILES string of the molecule is COC(=O)N1C(C)CC(O)C1COC1CCC(c2ccccc2)CC1. The summed E-state index contributed by atoms with van der Waals surface area (Å²) in [5.74, 6) is 0.615. The van der Waals surface area contributed by atoms with E-state index in [0.717, 1.165) is 25.7 Å². The summed E-state index contributed by atoms with van der Waals surface area (Å²) >= 11 is 0. The highest BCUT2D eigenvalue weighted by molar-refractivity contribution is 5.69. The summed E-state index contributed by atoms with van der Waals surface area (Å²) in [4.78, 5) is 13.6. The fraction of sp³-hybridized carbons (Fsp3) is 0.650. The molecule has 3 unspecified atom stereocenters. The van der Waals surface area contributed by atoms with Crippen molar-refractivity contribution >= 4 is 6.09 Å². The topological polar surface area (TPSA) is 59.0 Å². The van der Waals surface area contributed by atoms with E-state index in [1.807, 2.05) is 6.92 Å². The van der Waals surface area contributed by atoms with E-state index < -0.39 is 6.10 Å². The predicted molar refractivity (Wildman–Crippen MR) is 95.5 cm³/mol. The van der Waals surface area contributed by atoms with Gasteiger partial charge < -0.3 is 14.6 Å². The van der Waals surface area contributed by atoms with Gasteiger partial charge in [0.05, 0.1) is 32.0 Å². The molecule has 0 spiro atoms. The number of hydrogen-bond donors (Lipinski definition) is 1. The van der Waals surface area contributed by atoms with Crippen molar-refractivity contribution in [2.45, 2.75) is 69.2 Å². The van der Waals surface area contributed by atoms with Gasteiger partial charge in [0.1, 0.15) is 0 Å². The smallest absolute Gasteiger partial charge is 0.410 e. The Hall–Kier alpha value is -1.59. The zero-order valence-electron chi connectivity index (χ0n) is 15.1. The highest BCUT2D eigenvalue weighted by Gasteiger charge is 2.42. The van der Waals surface area contributed by atoms with Gasteiger partial charge in [0.25, 0.3) is 0 Å². The number of carbonyl (C=O) groups excluding carboxylic acids is 1. The molecule has 1 saturated carbocycles. The molecule has 1 saturated heterocycles. The van der Waals surface area contributed by atoms with Crippen LogP contribution in [0.15, 0.2) is 30.3 Å². The van der Waals surface area contributed by atoms with Gasteiger partial charge in [0.2, 0.25) is 0 Å². The number of methoxy groups -OCH3 is 1. The number of rotatable bonds is 4. The Kier molecular flexibility index (Phi) is 5.97.